The number of fused-ring (bicyclic) bond motifs is 2. The molecule has 33 heavy (non-hydrogen) atoms. The number of carbonyl (C=O) groups is 2. The second-order valence-corrected chi connectivity index (χ2v) is 8.29. The molecule has 8 nitrogen and oxygen atoms in total. The summed E-state index contributed by atoms with van der Waals surface area (Å²) in [7, 11) is 0. The molecule has 2 aliphatic rings. The molecule has 6 rings (SSSR count). The van der Waals surface area contributed by atoms with Crippen LogP contribution in [0.5, 0.6) is 0 Å². The molecule has 1 saturated heterocycles. The lowest BCUT2D eigenvalue weighted by Gasteiger charge is -2.34. The largest absolute Gasteiger partial charge is 0.329 e. The van der Waals surface area contributed by atoms with E-state index in [0.717, 1.165) is 16.8 Å². The van der Waals surface area contributed by atoms with Crippen LogP contribution in [0.2, 0.25) is 0 Å². The number of hydrogen-bond acceptors (Lipinski definition) is 5. The molecule has 1 fully saturated rings. The number of H-pyrrole nitrogens is 1. The lowest BCUT2D eigenvalue weighted by molar-refractivity contribution is -0.121. The molecule has 8 heteroatoms. The average Bonchev–Trinajstić information content (AvgIpc) is 3.58. The number of nitrogens with one attached hydrogen (secondary N) is 2. The first kappa shape index (κ1) is 19.4. The smallest absolute Gasteiger partial charge is 0.272 e. The number of aromatic nitrogens is 4. The molecule has 0 radical (unpaired) electrons. The van der Waals surface area contributed by atoms with Crippen molar-refractivity contribution in [3.63, 3.8) is 0 Å². The third-order valence-corrected chi connectivity index (χ3v) is 6.58. The second kappa shape index (κ2) is 7.37. The number of nitrogens with zero attached hydrogens (tertiary/aromatic N) is 4. The fourth-order valence-electron chi connectivity index (χ4n) is 5.14. The van der Waals surface area contributed by atoms with Crippen LogP contribution in [-0.4, -0.2) is 43.4 Å². The Morgan fingerprint density at radius 2 is 1.91 bits per heavy atom. The number of benzene rings is 1. The van der Waals surface area contributed by atoms with Gasteiger partial charge < -0.3 is 10.2 Å². The number of aromatic amines is 1. The van der Waals surface area contributed by atoms with Crippen molar-refractivity contribution in [2.75, 3.05) is 11.9 Å². The van der Waals surface area contributed by atoms with Gasteiger partial charge in [0.15, 0.2) is 0 Å². The highest BCUT2D eigenvalue weighted by molar-refractivity contribution is 6.08. The van der Waals surface area contributed by atoms with E-state index in [-0.39, 0.29) is 11.8 Å². The maximum absolute atomic E-state index is 13.7. The third kappa shape index (κ3) is 2.87. The Balaban J connectivity index is 1.43. The van der Waals surface area contributed by atoms with Crippen LogP contribution in [0.25, 0.3) is 11.4 Å². The summed E-state index contributed by atoms with van der Waals surface area (Å²) in [5.74, 6) is -0.306. The Kier molecular flexibility index (Phi) is 4.33. The van der Waals surface area contributed by atoms with Crippen molar-refractivity contribution >= 4 is 17.5 Å². The van der Waals surface area contributed by atoms with E-state index in [9.17, 15) is 9.59 Å². The molecule has 1 spiro atoms. The lowest BCUT2D eigenvalue weighted by atomic mass is 9.73. The van der Waals surface area contributed by atoms with Gasteiger partial charge in [-0.1, -0.05) is 30.3 Å². The molecule has 2 amide bonds. The number of likely N-dealkylation sites (tertiary alicyclic amines) is 1. The Labute approximate surface area is 189 Å². The first-order valence-corrected chi connectivity index (χ1v) is 10.8. The van der Waals surface area contributed by atoms with E-state index in [0.29, 0.717) is 30.0 Å². The molecule has 2 atom stereocenters. The van der Waals surface area contributed by atoms with Crippen molar-refractivity contribution in [1.29, 1.82) is 0 Å². The van der Waals surface area contributed by atoms with E-state index in [1.807, 2.05) is 54.6 Å². The molecule has 3 aromatic heterocycles. The summed E-state index contributed by atoms with van der Waals surface area (Å²) in [4.78, 5) is 37.5. The predicted octanol–water partition coefficient (Wildman–Crippen LogP) is 3.34. The summed E-state index contributed by atoms with van der Waals surface area (Å²) in [6, 6.07) is 18.2. The van der Waals surface area contributed by atoms with E-state index in [4.69, 9.17) is 0 Å². The summed E-state index contributed by atoms with van der Waals surface area (Å²) in [5.41, 5.74) is 3.28. The number of carbonyl (C=O) groups excluding carboxylic acids is 2. The number of pyridine rings is 2. The van der Waals surface area contributed by atoms with Crippen molar-refractivity contribution in [3.8, 4) is 11.4 Å². The first-order chi connectivity index (χ1) is 16.2. The van der Waals surface area contributed by atoms with E-state index < -0.39 is 11.5 Å². The van der Waals surface area contributed by atoms with E-state index >= 15 is 0 Å². The SMILES string of the molecule is O=C(c1cc(-c2ccccn2)n[nH]1)N1CCC2(C(=O)Nc3ccccc32)C1c1cccnc1. The molecule has 0 bridgehead atoms. The minimum absolute atomic E-state index is 0.0911. The summed E-state index contributed by atoms with van der Waals surface area (Å²) in [6.07, 6.45) is 5.62. The normalized spacial score (nSPS) is 21.3. The van der Waals surface area contributed by atoms with E-state index in [1.165, 1.54) is 0 Å². The summed E-state index contributed by atoms with van der Waals surface area (Å²) < 4.78 is 0. The molecule has 1 aromatic carbocycles. The van der Waals surface area contributed by atoms with Crippen LogP contribution < -0.4 is 5.32 Å². The van der Waals surface area contributed by atoms with Crippen molar-refractivity contribution in [3.05, 3.63) is 96.1 Å². The molecular formula is C25H20N6O2. The van der Waals surface area contributed by atoms with Crippen molar-refractivity contribution in [2.45, 2.75) is 17.9 Å². The number of amides is 2. The predicted molar refractivity (Wildman–Crippen MR) is 121 cm³/mol. The van der Waals surface area contributed by atoms with Crippen LogP contribution in [0.4, 0.5) is 5.69 Å². The Hall–Kier alpha value is -4.33. The van der Waals surface area contributed by atoms with Gasteiger partial charge in [0.25, 0.3) is 5.91 Å². The summed E-state index contributed by atoms with van der Waals surface area (Å²) >= 11 is 0. The minimum atomic E-state index is -0.876. The molecular weight excluding hydrogens is 416 g/mol. The zero-order valence-corrected chi connectivity index (χ0v) is 17.6. The first-order valence-electron chi connectivity index (χ1n) is 10.8. The highest BCUT2D eigenvalue weighted by Crippen LogP contribution is 2.54. The monoisotopic (exact) mass is 436 g/mol. The van der Waals surface area contributed by atoms with Crippen LogP contribution in [-0.2, 0) is 10.2 Å². The Morgan fingerprint density at radius 1 is 1.03 bits per heavy atom. The maximum Gasteiger partial charge on any atom is 0.272 e. The van der Waals surface area contributed by atoms with Gasteiger partial charge in [-0.2, -0.15) is 5.10 Å². The standard InChI is InChI=1S/C25H20N6O2/c32-23(21-14-20(29-30-21)19-9-3-4-12-27-19)31-13-10-25(22(31)16-6-5-11-26-15-16)17-7-1-2-8-18(17)28-24(25)33/h1-9,11-12,14-15,22H,10,13H2,(H,28,33)(H,29,30). The number of rotatable bonds is 3. The molecule has 2 N–H and O–H groups in total. The zero-order chi connectivity index (χ0) is 22.4. The van der Waals surface area contributed by atoms with Crippen LogP contribution >= 0.6 is 0 Å². The molecule has 2 aliphatic heterocycles. The number of anilines is 1. The van der Waals surface area contributed by atoms with Crippen molar-refractivity contribution in [2.24, 2.45) is 0 Å². The molecule has 2 unspecified atom stereocenters. The van der Waals surface area contributed by atoms with Gasteiger partial charge in [-0.3, -0.25) is 24.7 Å². The molecule has 0 saturated carbocycles. The van der Waals surface area contributed by atoms with Crippen LogP contribution in [0.3, 0.4) is 0 Å². The van der Waals surface area contributed by atoms with Gasteiger partial charge in [-0.25, -0.2) is 0 Å². The van der Waals surface area contributed by atoms with Crippen LogP contribution in [0.15, 0.2) is 79.3 Å². The van der Waals surface area contributed by atoms with Gasteiger partial charge in [0, 0.05) is 30.8 Å². The van der Waals surface area contributed by atoms with E-state index in [2.05, 4.69) is 25.5 Å². The number of hydrogen-bond donors (Lipinski definition) is 2. The van der Waals surface area contributed by atoms with Crippen molar-refractivity contribution in [1.82, 2.24) is 25.1 Å². The van der Waals surface area contributed by atoms with E-state index in [1.54, 1.807) is 29.6 Å². The Morgan fingerprint density at radius 3 is 2.73 bits per heavy atom. The summed E-state index contributed by atoms with van der Waals surface area (Å²) in [5, 5.41) is 10.2. The topological polar surface area (TPSA) is 104 Å². The van der Waals surface area contributed by atoms with Crippen LogP contribution in [0, 0.1) is 0 Å². The molecule has 0 aliphatic carbocycles. The maximum atomic E-state index is 13.7. The quantitative estimate of drug-likeness (QED) is 0.513. The van der Waals surface area contributed by atoms with Gasteiger partial charge in [0.05, 0.1) is 11.7 Å². The van der Waals surface area contributed by atoms with Gasteiger partial charge in [-0.15, -0.1) is 0 Å². The van der Waals surface area contributed by atoms with Gasteiger partial charge in [0.2, 0.25) is 5.91 Å². The Bertz CT molecular complexity index is 1350. The summed E-state index contributed by atoms with van der Waals surface area (Å²) in [6.45, 7) is 0.429. The molecule has 162 valence electrons. The second-order valence-electron chi connectivity index (χ2n) is 8.29. The lowest BCUT2D eigenvalue weighted by Crippen LogP contribution is -2.42. The molecule has 5 heterocycles. The van der Waals surface area contributed by atoms with Crippen LogP contribution in [0.1, 0.15) is 34.1 Å². The highest BCUT2D eigenvalue weighted by atomic mass is 16.2. The zero-order valence-electron chi connectivity index (χ0n) is 17.6. The van der Waals surface area contributed by atoms with Gasteiger partial charge in [0.1, 0.15) is 16.8 Å². The minimum Gasteiger partial charge on any atom is -0.329 e. The van der Waals surface area contributed by atoms with Gasteiger partial charge in [-0.05, 0) is 47.9 Å². The third-order valence-electron chi connectivity index (χ3n) is 6.58. The average molecular weight is 436 g/mol. The highest BCUT2D eigenvalue weighted by Gasteiger charge is 2.59. The molecule has 4 aromatic rings. The number of para-hydroxylation sites is 1. The van der Waals surface area contributed by atoms with Crippen molar-refractivity contribution < 1.29 is 9.59 Å². The fourth-order valence-corrected chi connectivity index (χ4v) is 5.14. The fraction of sp³-hybridized carbons (Fsp3) is 0.160. The van der Waals surface area contributed by atoms with Gasteiger partial charge >= 0.3 is 0 Å².